The Hall–Kier alpha value is -3.33. The zero-order chi connectivity index (χ0) is 24.9. The SMILES string of the molecule is COc1ccc(C(c2nnnn2C2CCCCC2)N2CCN(c3ccccc3OC)CC2)c(OC)c1. The van der Waals surface area contributed by atoms with Crippen LogP contribution in [0.25, 0.3) is 0 Å². The number of hydrogen-bond acceptors (Lipinski definition) is 8. The molecule has 1 unspecified atom stereocenters. The molecule has 0 amide bonds. The van der Waals surface area contributed by atoms with Crippen LogP contribution in [0.4, 0.5) is 5.69 Å². The summed E-state index contributed by atoms with van der Waals surface area (Å²) in [7, 11) is 5.11. The van der Waals surface area contributed by atoms with Crippen LogP contribution in [0, 0.1) is 0 Å². The maximum atomic E-state index is 5.85. The average molecular weight is 493 g/mol. The third kappa shape index (κ3) is 4.84. The summed E-state index contributed by atoms with van der Waals surface area (Å²) in [5.41, 5.74) is 2.18. The molecule has 5 rings (SSSR count). The summed E-state index contributed by atoms with van der Waals surface area (Å²) in [5, 5.41) is 13.3. The Bertz CT molecular complexity index is 1140. The number of rotatable bonds is 8. The second-order valence-electron chi connectivity index (χ2n) is 9.48. The largest absolute Gasteiger partial charge is 0.497 e. The monoisotopic (exact) mass is 492 g/mol. The Morgan fingerprint density at radius 1 is 0.833 bits per heavy atom. The topological polar surface area (TPSA) is 77.8 Å². The Labute approximate surface area is 212 Å². The third-order valence-electron chi connectivity index (χ3n) is 7.52. The van der Waals surface area contributed by atoms with E-state index in [1.807, 2.05) is 24.3 Å². The van der Waals surface area contributed by atoms with E-state index in [-0.39, 0.29) is 6.04 Å². The number of benzene rings is 2. The lowest BCUT2D eigenvalue weighted by Gasteiger charge is -2.40. The summed E-state index contributed by atoms with van der Waals surface area (Å²) in [4.78, 5) is 4.86. The first-order valence-electron chi connectivity index (χ1n) is 12.8. The van der Waals surface area contributed by atoms with Gasteiger partial charge in [0.15, 0.2) is 5.82 Å². The lowest BCUT2D eigenvalue weighted by Crippen LogP contribution is -2.48. The molecule has 2 fully saturated rings. The quantitative estimate of drug-likeness (QED) is 0.465. The number of aromatic nitrogens is 4. The molecule has 192 valence electrons. The van der Waals surface area contributed by atoms with Crippen LogP contribution in [0.2, 0.25) is 0 Å². The number of piperazine rings is 1. The molecule has 0 bridgehead atoms. The first kappa shape index (κ1) is 24.4. The summed E-state index contributed by atoms with van der Waals surface area (Å²) in [6, 6.07) is 14.5. The maximum absolute atomic E-state index is 5.85. The summed E-state index contributed by atoms with van der Waals surface area (Å²) in [5.74, 6) is 3.34. The van der Waals surface area contributed by atoms with E-state index in [1.54, 1.807) is 21.3 Å². The van der Waals surface area contributed by atoms with Crippen LogP contribution in [0.5, 0.6) is 17.2 Å². The van der Waals surface area contributed by atoms with Crippen molar-refractivity contribution in [3.05, 3.63) is 53.9 Å². The van der Waals surface area contributed by atoms with Crippen molar-refractivity contribution in [1.29, 1.82) is 0 Å². The predicted octanol–water partition coefficient (Wildman–Crippen LogP) is 4.12. The Balaban J connectivity index is 1.48. The van der Waals surface area contributed by atoms with Gasteiger partial charge in [-0.3, -0.25) is 4.90 Å². The lowest BCUT2D eigenvalue weighted by molar-refractivity contribution is 0.190. The molecule has 3 aromatic rings. The molecule has 36 heavy (non-hydrogen) atoms. The van der Waals surface area contributed by atoms with Crippen molar-refractivity contribution in [2.75, 3.05) is 52.4 Å². The van der Waals surface area contributed by atoms with Crippen LogP contribution >= 0.6 is 0 Å². The van der Waals surface area contributed by atoms with E-state index in [0.29, 0.717) is 6.04 Å². The van der Waals surface area contributed by atoms with Gasteiger partial charge in [0.2, 0.25) is 0 Å². The van der Waals surface area contributed by atoms with E-state index >= 15 is 0 Å². The molecule has 1 aliphatic carbocycles. The number of nitrogens with zero attached hydrogens (tertiary/aromatic N) is 6. The highest BCUT2D eigenvalue weighted by Gasteiger charge is 2.35. The van der Waals surface area contributed by atoms with Crippen molar-refractivity contribution in [2.45, 2.75) is 44.2 Å². The normalized spacial score (nSPS) is 18.1. The van der Waals surface area contributed by atoms with Crippen LogP contribution in [-0.2, 0) is 0 Å². The van der Waals surface area contributed by atoms with E-state index in [9.17, 15) is 0 Å². The van der Waals surface area contributed by atoms with Gasteiger partial charge in [-0.15, -0.1) is 5.10 Å². The fraction of sp³-hybridized carbons (Fsp3) is 0.519. The number of methoxy groups -OCH3 is 3. The van der Waals surface area contributed by atoms with Crippen molar-refractivity contribution in [1.82, 2.24) is 25.1 Å². The second kappa shape index (κ2) is 11.2. The van der Waals surface area contributed by atoms with Gasteiger partial charge in [-0.25, -0.2) is 4.68 Å². The highest BCUT2D eigenvalue weighted by Crippen LogP contribution is 2.39. The highest BCUT2D eigenvalue weighted by atomic mass is 16.5. The second-order valence-corrected chi connectivity index (χ2v) is 9.48. The van der Waals surface area contributed by atoms with E-state index in [1.165, 1.54) is 19.3 Å². The zero-order valence-electron chi connectivity index (χ0n) is 21.5. The fourth-order valence-corrected chi connectivity index (χ4v) is 5.62. The molecule has 0 radical (unpaired) electrons. The third-order valence-corrected chi connectivity index (χ3v) is 7.52. The minimum absolute atomic E-state index is 0.123. The number of tetrazole rings is 1. The van der Waals surface area contributed by atoms with Crippen molar-refractivity contribution >= 4 is 5.69 Å². The van der Waals surface area contributed by atoms with Crippen LogP contribution in [0.15, 0.2) is 42.5 Å². The molecule has 1 aliphatic heterocycles. The summed E-state index contributed by atoms with van der Waals surface area (Å²) in [6.45, 7) is 3.46. The van der Waals surface area contributed by atoms with Crippen LogP contribution in [0.1, 0.15) is 55.6 Å². The van der Waals surface area contributed by atoms with E-state index in [0.717, 1.165) is 73.3 Å². The van der Waals surface area contributed by atoms with Gasteiger partial charge in [-0.1, -0.05) is 31.4 Å². The molecule has 1 saturated heterocycles. The van der Waals surface area contributed by atoms with Crippen molar-refractivity contribution in [2.24, 2.45) is 0 Å². The minimum Gasteiger partial charge on any atom is -0.497 e. The molecule has 1 saturated carbocycles. The molecular formula is C27H36N6O3. The van der Waals surface area contributed by atoms with Crippen LogP contribution in [-0.4, -0.2) is 72.6 Å². The smallest absolute Gasteiger partial charge is 0.173 e. The highest BCUT2D eigenvalue weighted by molar-refractivity contribution is 5.58. The lowest BCUT2D eigenvalue weighted by atomic mass is 9.94. The number of anilines is 1. The van der Waals surface area contributed by atoms with Gasteiger partial charge in [0, 0.05) is 37.8 Å². The van der Waals surface area contributed by atoms with Crippen molar-refractivity contribution in [3.63, 3.8) is 0 Å². The summed E-state index contributed by atoms with van der Waals surface area (Å²) < 4.78 is 19.0. The van der Waals surface area contributed by atoms with Crippen molar-refractivity contribution < 1.29 is 14.2 Å². The molecule has 0 N–H and O–H groups in total. The van der Waals surface area contributed by atoms with E-state index < -0.39 is 0 Å². The van der Waals surface area contributed by atoms with Gasteiger partial charge in [0.05, 0.1) is 33.1 Å². The van der Waals surface area contributed by atoms with Gasteiger partial charge in [-0.2, -0.15) is 0 Å². The van der Waals surface area contributed by atoms with Gasteiger partial charge in [-0.05, 0) is 47.5 Å². The molecule has 9 heteroatoms. The average Bonchev–Trinajstić information content (AvgIpc) is 3.43. The van der Waals surface area contributed by atoms with Gasteiger partial charge >= 0.3 is 0 Å². The number of hydrogen-bond donors (Lipinski definition) is 0. The maximum Gasteiger partial charge on any atom is 0.173 e. The van der Waals surface area contributed by atoms with Crippen LogP contribution < -0.4 is 19.1 Å². The summed E-state index contributed by atoms with van der Waals surface area (Å²) >= 11 is 0. The molecule has 2 aliphatic rings. The Morgan fingerprint density at radius 3 is 2.31 bits per heavy atom. The van der Waals surface area contributed by atoms with Gasteiger partial charge in [0.1, 0.15) is 23.3 Å². The van der Waals surface area contributed by atoms with Gasteiger partial charge < -0.3 is 19.1 Å². The number of ether oxygens (including phenoxy) is 3. The first-order valence-corrected chi connectivity index (χ1v) is 12.8. The van der Waals surface area contributed by atoms with E-state index in [4.69, 9.17) is 14.2 Å². The molecule has 9 nitrogen and oxygen atoms in total. The van der Waals surface area contributed by atoms with E-state index in [2.05, 4.69) is 48.2 Å². The standard InChI is InChI=1S/C27H36N6O3/c1-34-21-13-14-22(25(19-21)36-3)26(27-28-29-30-33(27)20-9-5-4-6-10-20)32-17-15-31(16-18-32)23-11-7-8-12-24(23)35-2/h7-8,11-14,19-20,26H,4-6,9-10,15-18H2,1-3H3. The molecule has 0 spiro atoms. The first-order chi connectivity index (χ1) is 17.7. The minimum atomic E-state index is -0.123. The number of para-hydroxylation sites is 2. The molecule has 1 atom stereocenters. The molecular weight excluding hydrogens is 456 g/mol. The molecule has 1 aromatic heterocycles. The summed E-state index contributed by atoms with van der Waals surface area (Å²) in [6.07, 6.45) is 5.96. The van der Waals surface area contributed by atoms with Crippen molar-refractivity contribution in [3.8, 4) is 17.2 Å². The fourth-order valence-electron chi connectivity index (χ4n) is 5.62. The Morgan fingerprint density at radius 2 is 1.58 bits per heavy atom. The van der Waals surface area contributed by atoms with Crippen LogP contribution in [0.3, 0.4) is 0 Å². The van der Waals surface area contributed by atoms with Gasteiger partial charge in [0.25, 0.3) is 0 Å². The predicted molar refractivity (Wildman–Crippen MR) is 138 cm³/mol. The Kier molecular flexibility index (Phi) is 7.55. The molecule has 2 aromatic carbocycles. The molecule has 2 heterocycles. The zero-order valence-corrected chi connectivity index (χ0v) is 21.5.